The molecule has 0 aliphatic heterocycles. The molecule has 0 saturated carbocycles. The molecule has 0 bridgehead atoms. The number of benzene rings is 2. The molecular weight excluding hydrogens is 328 g/mol. The van der Waals surface area contributed by atoms with Crippen LogP contribution in [0, 0.1) is 0 Å². The second kappa shape index (κ2) is 6.79. The number of rotatable bonds is 5. The fourth-order valence-corrected chi connectivity index (χ4v) is 2.74. The monoisotopic (exact) mass is 346 g/mol. The van der Waals surface area contributed by atoms with Gasteiger partial charge in [0.05, 0.1) is 13.3 Å². The molecule has 2 heterocycles. The summed E-state index contributed by atoms with van der Waals surface area (Å²) in [5.74, 6) is 1.14. The molecule has 130 valence electrons. The fourth-order valence-electron chi connectivity index (χ4n) is 2.74. The van der Waals surface area contributed by atoms with E-state index >= 15 is 0 Å². The summed E-state index contributed by atoms with van der Waals surface area (Å²) in [6, 6.07) is 13.8. The van der Waals surface area contributed by atoms with Crippen molar-refractivity contribution in [2.75, 3.05) is 12.5 Å². The normalized spacial score (nSPS) is 11.5. The third-order valence-electron chi connectivity index (χ3n) is 4.18. The lowest BCUT2D eigenvalue weighted by Crippen LogP contribution is -1.99. The Labute approximate surface area is 150 Å². The molecule has 2 aromatic heterocycles. The quantitative estimate of drug-likeness (QED) is 0.426. The van der Waals surface area contributed by atoms with Crippen molar-refractivity contribution in [1.82, 2.24) is 20.2 Å². The highest BCUT2D eigenvalue weighted by Crippen LogP contribution is 2.23. The molecule has 0 saturated heterocycles. The number of nitrogens with zero attached hydrogens (tertiary/aromatic N) is 4. The largest absolute Gasteiger partial charge is 0.497 e. The second-order valence-corrected chi connectivity index (χ2v) is 5.83. The Bertz CT molecular complexity index is 1080. The van der Waals surface area contributed by atoms with E-state index in [9.17, 15) is 0 Å². The Balaban J connectivity index is 1.56. The van der Waals surface area contributed by atoms with Gasteiger partial charge in [-0.15, -0.1) is 10.2 Å². The Hall–Kier alpha value is -3.48. The van der Waals surface area contributed by atoms with Crippen LogP contribution in [-0.4, -0.2) is 33.5 Å². The SMILES string of the molecule is CCc1ccc2[nH]c3nc(NN=Cc4ccc(OC)cc4)nnc3c2c1. The Morgan fingerprint density at radius 3 is 2.77 bits per heavy atom. The molecule has 0 atom stereocenters. The van der Waals surface area contributed by atoms with Crippen LogP contribution in [0.3, 0.4) is 0 Å². The zero-order valence-electron chi connectivity index (χ0n) is 14.5. The summed E-state index contributed by atoms with van der Waals surface area (Å²) in [7, 11) is 1.64. The molecule has 7 nitrogen and oxygen atoms in total. The van der Waals surface area contributed by atoms with Crippen LogP contribution in [0.25, 0.3) is 22.1 Å². The van der Waals surface area contributed by atoms with Gasteiger partial charge in [0.15, 0.2) is 5.65 Å². The molecule has 2 aromatic carbocycles. The molecule has 0 radical (unpaired) electrons. The summed E-state index contributed by atoms with van der Waals surface area (Å²) >= 11 is 0. The minimum absolute atomic E-state index is 0.338. The van der Waals surface area contributed by atoms with Gasteiger partial charge in [-0.25, -0.2) is 5.43 Å². The first-order valence-corrected chi connectivity index (χ1v) is 8.35. The molecule has 0 aliphatic carbocycles. The molecule has 0 unspecified atom stereocenters. The standard InChI is InChI=1S/C19H18N6O/c1-3-12-6-9-16-15(10-12)17-18(21-16)22-19(25-23-17)24-20-11-13-4-7-14(26-2)8-5-13/h4-11H,3H2,1-2H3,(H2,21,22,24,25). The average Bonchev–Trinajstić information content (AvgIpc) is 3.05. The summed E-state index contributed by atoms with van der Waals surface area (Å²) in [5.41, 5.74) is 7.45. The van der Waals surface area contributed by atoms with Crippen molar-refractivity contribution >= 4 is 34.2 Å². The van der Waals surface area contributed by atoms with Gasteiger partial charge < -0.3 is 9.72 Å². The third kappa shape index (κ3) is 3.06. The Morgan fingerprint density at radius 1 is 1.15 bits per heavy atom. The molecule has 0 fully saturated rings. The van der Waals surface area contributed by atoms with Gasteiger partial charge in [0.25, 0.3) is 5.95 Å². The number of ether oxygens (including phenoxy) is 1. The summed E-state index contributed by atoms with van der Waals surface area (Å²) < 4.78 is 5.13. The number of hydrazone groups is 1. The number of hydrogen-bond acceptors (Lipinski definition) is 6. The minimum Gasteiger partial charge on any atom is -0.497 e. The van der Waals surface area contributed by atoms with E-state index in [1.54, 1.807) is 13.3 Å². The highest BCUT2D eigenvalue weighted by atomic mass is 16.5. The molecule has 4 rings (SSSR count). The van der Waals surface area contributed by atoms with Gasteiger partial charge in [0.2, 0.25) is 0 Å². The smallest absolute Gasteiger partial charge is 0.265 e. The predicted molar refractivity (Wildman–Crippen MR) is 103 cm³/mol. The van der Waals surface area contributed by atoms with Gasteiger partial charge in [-0.1, -0.05) is 13.0 Å². The lowest BCUT2D eigenvalue weighted by atomic mass is 10.1. The van der Waals surface area contributed by atoms with Crippen molar-refractivity contribution in [3.63, 3.8) is 0 Å². The van der Waals surface area contributed by atoms with Crippen LogP contribution in [0.2, 0.25) is 0 Å². The number of H-pyrrole nitrogens is 1. The van der Waals surface area contributed by atoms with Crippen molar-refractivity contribution in [3.05, 3.63) is 53.6 Å². The van der Waals surface area contributed by atoms with E-state index in [1.165, 1.54) is 5.56 Å². The van der Waals surface area contributed by atoms with Gasteiger partial charge in [0.1, 0.15) is 11.3 Å². The zero-order valence-corrected chi connectivity index (χ0v) is 14.5. The third-order valence-corrected chi connectivity index (χ3v) is 4.18. The summed E-state index contributed by atoms with van der Waals surface area (Å²) in [6.07, 6.45) is 2.66. The number of nitrogens with one attached hydrogen (secondary N) is 2. The maximum atomic E-state index is 5.13. The van der Waals surface area contributed by atoms with E-state index in [2.05, 4.69) is 49.7 Å². The van der Waals surface area contributed by atoms with Crippen molar-refractivity contribution in [2.24, 2.45) is 5.10 Å². The van der Waals surface area contributed by atoms with Crippen LogP contribution in [0.5, 0.6) is 5.75 Å². The topological polar surface area (TPSA) is 88.1 Å². The molecule has 0 spiro atoms. The van der Waals surface area contributed by atoms with Crippen LogP contribution in [0.15, 0.2) is 47.6 Å². The minimum atomic E-state index is 0.338. The van der Waals surface area contributed by atoms with Gasteiger partial charge in [0, 0.05) is 10.9 Å². The summed E-state index contributed by atoms with van der Waals surface area (Å²) in [6.45, 7) is 2.13. The van der Waals surface area contributed by atoms with Crippen LogP contribution >= 0.6 is 0 Å². The van der Waals surface area contributed by atoms with Crippen LogP contribution in [-0.2, 0) is 6.42 Å². The van der Waals surface area contributed by atoms with E-state index in [0.717, 1.165) is 34.2 Å². The maximum Gasteiger partial charge on any atom is 0.265 e. The van der Waals surface area contributed by atoms with Crippen molar-refractivity contribution in [3.8, 4) is 5.75 Å². The number of methoxy groups -OCH3 is 1. The first-order valence-electron chi connectivity index (χ1n) is 8.35. The lowest BCUT2D eigenvalue weighted by molar-refractivity contribution is 0.415. The number of aromatic amines is 1. The molecule has 0 aliphatic rings. The number of aryl methyl sites for hydroxylation is 1. The predicted octanol–water partition coefficient (Wildman–Crippen LogP) is 3.52. The van der Waals surface area contributed by atoms with Gasteiger partial charge in [-0.05, 0) is 53.9 Å². The van der Waals surface area contributed by atoms with Crippen LogP contribution < -0.4 is 10.2 Å². The maximum absolute atomic E-state index is 5.13. The van der Waals surface area contributed by atoms with Crippen molar-refractivity contribution in [1.29, 1.82) is 0 Å². The number of fused-ring (bicyclic) bond motifs is 3. The second-order valence-electron chi connectivity index (χ2n) is 5.83. The van der Waals surface area contributed by atoms with Gasteiger partial charge in [-0.2, -0.15) is 10.1 Å². The van der Waals surface area contributed by atoms with E-state index in [4.69, 9.17) is 4.74 Å². The van der Waals surface area contributed by atoms with E-state index in [0.29, 0.717) is 11.6 Å². The average molecular weight is 346 g/mol. The van der Waals surface area contributed by atoms with Crippen LogP contribution in [0.1, 0.15) is 18.1 Å². The number of anilines is 1. The Morgan fingerprint density at radius 2 is 2.00 bits per heavy atom. The van der Waals surface area contributed by atoms with E-state index in [1.807, 2.05) is 30.3 Å². The highest BCUT2D eigenvalue weighted by molar-refractivity contribution is 6.03. The highest BCUT2D eigenvalue weighted by Gasteiger charge is 2.09. The lowest BCUT2D eigenvalue weighted by Gasteiger charge is -1.99. The van der Waals surface area contributed by atoms with Crippen molar-refractivity contribution < 1.29 is 4.74 Å². The molecule has 7 heteroatoms. The molecular formula is C19H18N6O. The number of aromatic nitrogens is 4. The van der Waals surface area contributed by atoms with E-state index < -0.39 is 0 Å². The molecule has 2 N–H and O–H groups in total. The van der Waals surface area contributed by atoms with Crippen molar-refractivity contribution in [2.45, 2.75) is 13.3 Å². The fraction of sp³-hybridized carbons (Fsp3) is 0.158. The van der Waals surface area contributed by atoms with Gasteiger partial charge >= 0.3 is 0 Å². The van der Waals surface area contributed by atoms with Crippen LogP contribution in [0.4, 0.5) is 5.95 Å². The first-order chi connectivity index (χ1) is 12.8. The molecule has 4 aromatic rings. The number of hydrogen-bond donors (Lipinski definition) is 2. The molecule has 0 amide bonds. The first kappa shape index (κ1) is 16.0. The van der Waals surface area contributed by atoms with E-state index in [-0.39, 0.29) is 0 Å². The molecule has 26 heavy (non-hydrogen) atoms. The summed E-state index contributed by atoms with van der Waals surface area (Å²) in [5, 5.41) is 13.6. The summed E-state index contributed by atoms with van der Waals surface area (Å²) in [4.78, 5) is 7.72. The Kier molecular flexibility index (Phi) is 4.18. The zero-order chi connectivity index (χ0) is 17.9. The van der Waals surface area contributed by atoms with Gasteiger partial charge in [-0.3, -0.25) is 0 Å².